The molecule has 2 N–H and O–H groups in total. The molecule has 1 aliphatic rings. The summed E-state index contributed by atoms with van der Waals surface area (Å²) in [6.07, 6.45) is -0.351. The van der Waals surface area contributed by atoms with Crippen LogP contribution in [-0.2, 0) is 14.8 Å². The van der Waals surface area contributed by atoms with E-state index in [1.165, 1.54) is 41.3 Å². The topological polar surface area (TPSA) is 117 Å². The van der Waals surface area contributed by atoms with Crippen LogP contribution in [0.15, 0.2) is 47.4 Å². The number of anilines is 1. The van der Waals surface area contributed by atoms with Crippen LogP contribution in [0.3, 0.4) is 0 Å². The Bertz CT molecular complexity index is 1270. The lowest BCUT2D eigenvalue weighted by molar-refractivity contribution is 0.0165. The van der Waals surface area contributed by atoms with Gasteiger partial charge < -0.3 is 24.6 Å². The summed E-state index contributed by atoms with van der Waals surface area (Å²) in [5, 5.41) is 3.36. The molecule has 214 valence electrons. The van der Waals surface area contributed by atoms with Gasteiger partial charge in [-0.25, -0.2) is 13.2 Å². The van der Waals surface area contributed by atoms with E-state index < -0.39 is 10.0 Å². The number of halogens is 1. The number of methoxy groups -OCH3 is 1. The van der Waals surface area contributed by atoms with Crippen LogP contribution in [0.1, 0.15) is 38.1 Å². The minimum atomic E-state index is -3.93. The van der Waals surface area contributed by atoms with Gasteiger partial charge in [0.2, 0.25) is 0 Å². The number of hydrogen-bond acceptors (Lipinski definition) is 6. The molecule has 1 aliphatic heterocycles. The SMILES string of the molecule is CO[C@@H]1CN(C)C(=O)c2cc(NS(=O)(=O)c3ccc(Cl)cc3)ccc2OC[C@@H](C)N(C(=O)NC(C)C)C[C@@H]1C. The van der Waals surface area contributed by atoms with Gasteiger partial charge in [0.15, 0.2) is 0 Å². The molecule has 0 saturated carbocycles. The van der Waals surface area contributed by atoms with Crippen molar-refractivity contribution in [1.29, 1.82) is 0 Å². The Hall–Kier alpha value is -3.02. The third kappa shape index (κ3) is 7.77. The quantitative estimate of drug-likeness (QED) is 0.551. The molecule has 3 atom stereocenters. The molecule has 0 aliphatic carbocycles. The van der Waals surface area contributed by atoms with E-state index in [-0.39, 0.29) is 71.1 Å². The second kappa shape index (κ2) is 12.9. The van der Waals surface area contributed by atoms with Crippen molar-refractivity contribution in [3.05, 3.63) is 53.1 Å². The van der Waals surface area contributed by atoms with Gasteiger partial charge in [-0.05, 0) is 63.2 Å². The van der Waals surface area contributed by atoms with E-state index in [0.29, 0.717) is 11.6 Å². The monoisotopic (exact) mass is 580 g/mol. The molecule has 12 heteroatoms. The van der Waals surface area contributed by atoms with Gasteiger partial charge in [0.1, 0.15) is 12.4 Å². The summed E-state index contributed by atoms with van der Waals surface area (Å²) in [5.74, 6) is -0.170. The van der Waals surface area contributed by atoms with Crippen LogP contribution >= 0.6 is 11.6 Å². The summed E-state index contributed by atoms with van der Waals surface area (Å²) in [4.78, 5) is 29.8. The lowest BCUT2D eigenvalue weighted by Gasteiger charge is -2.36. The largest absolute Gasteiger partial charge is 0.491 e. The first kappa shape index (κ1) is 30.5. The predicted octanol–water partition coefficient (Wildman–Crippen LogP) is 4.06. The zero-order valence-corrected chi connectivity index (χ0v) is 24.7. The smallest absolute Gasteiger partial charge is 0.317 e. The van der Waals surface area contributed by atoms with Gasteiger partial charge >= 0.3 is 6.03 Å². The van der Waals surface area contributed by atoms with Crippen molar-refractivity contribution in [2.75, 3.05) is 38.6 Å². The third-order valence-corrected chi connectivity index (χ3v) is 8.14. The maximum Gasteiger partial charge on any atom is 0.317 e. The zero-order chi connectivity index (χ0) is 28.9. The fourth-order valence-corrected chi connectivity index (χ4v) is 5.46. The summed E-state index contributed by atoms with van der Waals surface area (Å²) < 4.78 is 40.2. The Labute approximate surface area is 235 Å². The van der Waals surface area contributed by atoms with E-state index in [4.69, 9.17) is 21.1 Å². The summed E-state index contributed by atoms with van der Waals surface area (Å²) in [6.45, 7) is 8.42. The number of hydrogen-bond donors (Lipinski definition) is 2. The van der Waals surface area contributed by atoms with Crippen LogP contribution in [0.2, 0.25) is 5.02 Å². The summed E-state index contributed by atoms with van der Waals surface area (Å²) in [6, 6.07) is 9.72. The average Bonchev–Trinajstić information content (AvgIpc) is 2.87. The fourth-order valence-electron chi connectivity index (χ4n) is 4.28. The zero-order valence-electron chi connectivity index (χ0n) is 23.1. The van der Waals surface area contributed by atoms with Crippen molar-refractivity contribution in [2.24, 2.45) is 5.92 Å². The number of benzene rings is 2. The molecule has 2 aromatic carbocycles. The first-order valence-electron chi connectivity index (χ1n) is 12.7. The Morgan fingerprint density at radius 1 is 1.13 bits per heavy atom. The highest BCUT2D eigenvalue weighted by molar-refractivity contribution is 7.92. The molecule has 1 heterocycles. The summed E-state index contributed by atoms with van der Waals surface area (Å²) >= 11 is 5.89. The average molecular weight is 581 g/mol. The van der Waals surface area contributed by atoms with E-state index in [1.807, 2.05) is 27.7 Å². The van der Waals surface area contributed by atoms with Crippen molar-refractivity contribution in [3.63, 3.8) is 0 Å². The molecule has 0 unspecified atom stereocenters. The molecular weight excluding hydrogens is 544 g/mol. The number of nitrogens with one attached hydrogen (secondary N) is 2. The van der Waals surface area contributed by atoms with Crippen molar-refractivity contribution in [2.45, 2.75) is 50.8 Å². The second-order valence-electron chi connectivity index (χ2n) is 10.1. The second-order valence-corrected chi connectivity index (χ2v) is 12.2. The standard InChI is InChI=1S/C27H37ClN4O6S/c1-17(2)29-27(34)32-14-18(3)25(37-6)15-31(5)26(33)23-13-21(9-12-24(23)38-16-19(32)4)30-39(35,36)22-10-7-20(28)8-11-22/h7-13,17-19,25,30H,14-16H2,1-6H3,(H,29,34)/t18-,19+,25+/m0/s1. The van der Waals surface area contributed by atoms with E-state index in [2.05, 4.69) is 10.0 Å². The van der Waals surface area contributed by atoms with E-state index in [1.54, 1.807) is 25.1 Å². The highest BCUT2D eigenvalue weighted by Crippen LogP contribution is 2.28. The predicted molar refractivity (Wildman–Crippen MR) is 151 cm³/mol. The number of amides is 3. The summed E-state index contributed by atoms with van der Waals surface area (Å²) in [5.41, 5.74) is 0.381. The van der Waals surface area contributed by atoms with Crippen LogP contribution in [-0.4, -0.2) is 82.2 Å². The van der Waals surface area contributed by atoms with Gasteiger partial charge in [-0.15, -0.1) is 0 Å². The number of nitrogens with zero attached hydrogens (tertiary/aromatic N) is 2. The van der Waals surface area contributed by atoms with Gasteiger partial charge in [0.05, 0.1) is 22.6 Å². The van der Waals surface area contributed by atoms with Gasteiger partial charge in [0.25, 0.3) is 15.9 Å². The molecule has 0 fully saturated rings. The maximum absolute atomic E-state index is 13.5. The third-order valence-electron chi connectivity index (χ3n) is 6.49. The van der Waals surface area contributed by atoms with Gasteiger partial charge in [-0.1, -0.05) is 18.5 Å². The minimum absolute atomic E-state index is 0.0323. The number of rotatable bonds is 5. The molecule has 39 heavy (non-hydrogen) atoms. The van der Waals surface area contributed by atoms with Crippen LogP contribution in [0, 0.1) is 5.92 Å². The van der Waals surface area contributed by atoms with E-state index >= 15 is 0 Å². The van der Waals surface area contributed by atoms with Crippen LogP contribution < -0.4 is 14.8 Å². The molecule has 0 spiro atoms. The molecule has 10 nitrogen and oxygen atoms in total. The van der Waals surface area contributed by atoms with Gasteiger partial charge in [0, 0.05) is 49.9 Å². The van der Waals surface area contributed by atoms with Crippen molar-refractivity contribution < 1.29 is 27.5 Å². The molecule has 0 aromatic heterocycles. The maximum atomic E-state index is 13.5. The molecule has 2 aromatic rings. The molecule has 0 saturated heterocycles. The van der Waals surface area contributed by atoms with Crippen molar-refractivity contribution in [1.82, 2.24) is 15.1 Å². The Balaban J connectivity index is 1.97. The van der Waals surface area contributed by atoms with Gasteiger partial charge in [-0.2, -0.15) is 0 Å². The number of ether oxygens (including phenoxy) is 2. The Kier molecular flexibility index (Phi) is 10.1. The van der Waals surface area contributed by atoms with Crippen LogP contribution in [0.25, 0.3) is 0 Å². The minimum Gasteiger partial charge on any atom is -0.491 e. The number of urea groups is 1. The fraction of sp³-hybridized carbons (Fsp3) is 0.481. The van der Waals surface area contributed by atoms with Gasteiger partial charge in [-0.3, -0.25) is 9.52 Å². The lowest BCUT2D eigenvalue weighted by Crippen LogP contribution is -2.52. The number of fused-ring (bicyclic) bond motifs is 1. The number of likely N-dealkylation sites (N-methyl/N-ethyl adjacent to an activating group) is 1. The Morgan fingerprint density at radius 2 is 1.79 bits per heavy atom. The lowest BCUT2D eigenvalue weighted by atomic mass is 10.0. The number of carbonyl (C=O) groups excluding carboxylic acids is 2. The molecule has 0 radical (unpaired) electrons. The summed E-state index contributed by atoms with van der Waals surface area (Å²) in [7, 11) is -0.705. The van der Waals surface area contributed by atoms with Crippen molar-refractivity contribution in [3.8, 4) is 5.75 Å². The first-order valence-corrected chi connectivity index (χ1v) is 14.6. The van der Waals surface area contributed by atoms with Crippen LogP contribution in [0.5, 0.6) is 5.75 Å². The van der Waals surface area contributed by atoms with E-state index in [9.17, 15) is 18.0 Å². The number of sulfonamides is 1. The normalized spacial score (nSPS) is 20.9. The molecular formula is C27H37ClN4O6S. The number of carbonyl (C=O) groups is 2. The highest BCUT2D eigenvalue weighted by Gasteiger charge is 2.31. The van der Waals surface area contributed by atoms with E-state index in [0.717, 1.165) is 0 Å². The first-order chi connectivity index (χ1) is 18.3. The highest BCUT2D eigenvalue weighted by atomic mass is 35.5. The van der Waals surface area contributed by atoms with Crippen LogP contribution in [0.4, 0.5) is 10.5 Å². The molecule has 3 rings (SSSR count). The molecule has 0 bridgehead atoms. The Morgan fingerprint density at radius 3 is 2.41 bits per heavy atom. The molecule has 3 amide bonds. The van der Waals surface area contributed by atoms with Crippen molar-refractivity contribution >= 4 is 39.2 Å².